The van der Waals surface area contributed by atoms with Gasteiger partial charge in [0, 0.05) is 17.1 Å². The Bertz CT molecular complexity index is 596. The molecule has 1 aliphatic carbocycles. The van der Waals surface area contributed by atoms with Gasteiger partial charge in [0.25, 0.3) is 0 Å². The molecular weight excluding hydrogens is 299 g/mol. The highest BCUT2D eigenvalue weighted by Gasteiger charge is 2.47. The molecule has 6 heteroatoms. The Morgan fingerprint density at radius 2 is 2.04 bits per heavy atom. The van der Waals surface area contributed by atoms with E-state index in [9.17, 15) is 14.3 Å². The molecule has 1 aromatic carbocycles. The van der Waals surface area contributed by atoms with Crippen molar-refractivity contribution in [3.05, 3.63) is 24.0 Å². The number of rotatable bonds is 3. The number of aliphatic hydroxyl groups excluding tert-OH is 1. The summed E-state index contributed by atoms with van der Waals surface area (Å²) in [5, 5.41) is 15.5. The van der Waals surface area contributed by atoms with Gasteiger partial charge in [0.1, 0.15) is 11.4 Å². The summed E-state index contributed by atoms with van der Waals surface area (Å²) in [4.78, 5) is 11.8. The van der Waals surface area contributed by atoms with E-state index >= 15 is 0 Å². The van der Waals surface area contributed by atoms with Crippen LogP contribution in [-0.4, -0.2) is 28.9 Å². The van der Waals surface area contributed by atoms with Gasteiger partial charge < -0.3 is 15.2 Å². The van der Waals surface area contributed by atoms with E-state index in [1.807, 2.05) is 13.8 Å². The Labute approximate surface area is 136 Å². The number of amides is 1. The van der Waals surface area contributed by atoms with Crippen LogP contribution >= 0.6 is 0 Å². The highest BCUT2D eigenvalue weighted by Crippen LogP contribution is 2.42. The van der Waals surface area contributed by atoms with Gasteiger partial charge in [-0.1, -0.05) is 13.8 Å². The highest BCUT2D eigenvalue weighted by molar-refractivity contribution is 5.85. The number of aliphatic hydroxyl groups is 1. The van der Waals surface area contributed by atoms with Gasteiger partial charge in [-0.15, -0.1) is 0 Å². The molecule has 0 heterocycles. The maximum absolute atomic E-state index is 13.9. The van der Waals surface area contributed by atoms with E-state index in [1.54, 1.807) is 26.8 Å². The second kappa shape index (κ2) is 6.00. The van der Waals surface area contributed by atoms with Gasteiger partial charge in [0.2, 0.25) is 0 Å². The van der Waals surface area contributed by atoms with Crippen LogP contribution in [-0.2, 0) is 4.74 Å². The van der Waals surface area contributed by atoms with Crippen molar-refractivity contribution in [3.63, 3.8) is 0 Å². The maximum Gasteiger partial charge on any atom is 0.412 e. The molecule has 1 aromatic rings. The van der Waals surface area contributed by atoms with E-state index in [-0.39, 0.29) is 23.2 Å². The van der Waals surface area contributed by atoms with Crippen LogP contribution in [0.3, 0.4) is 0 Å². The van der Waals surface area contributed by atoms with Gasteiger partial charge in [-0.2, -0.15) is 0 Å². The molecule has 1 aliphatic rings. The van der Waals surface area contributed by atoms with Gasteiger partial charge in [-0.25, -0.2) is 9.18 Å². The van der Waals surface area contributed by atoms with Crippen LogP contribution in [0.2, 0.25) is 0 Å². The van der Waals surface area contributed by atoms with Crippen molar-refractivity contribution in [2.24, 2.45) is 5.41 Å². The number of carbonyl (C=O) groups is 1. The number of carbonyl (C=O) groups excluding carboxylic acids is 1. The van der Waals surface area contributed by atoms with Crippen LogP contribution in [0.5, 0.6) is 0 Å². The molecule has 5 nitrogen and oxygen atoms in total. The second-order valence-corrected chi connectivity index (χ2v) is 7.59. The van der Waals surface area contributed by atoms with Crippen LogP contribution in [0.25, 0.3) is 0 Å². The molecule has 3 N–H and O–H groups in total. The molecule has 0 saturated heterocycles. The summed E-state index contributed by atoms with van der Waals surface area (Å²) in [5.74, 6) is -0.533. The Hall–Kier alpha value is -1.82. The van der Waals surface area contributed by atoms with Crippen LogP contribution in [0.1, 0.15) is 41.0 Å². The van der Waals surface area contributed by atoms with Gasteiger partial charge in [0.05, 0.1) is 11.8 Å². The summed E-state index contributed by atoms with van der Waals surface area (Å²) < 4.78 is 19.0. The predicted molar refractivity (Wildman–Crippen MR) is 88.1 cm³/mol. The Kier molecular flexibility index (Phi) is 4.57. The summed E-state index contributed by atoms with van der Waals surface area (Å²) >= 11 is 0. The van der Waals surface area contributed by atoms with E-state index in [2.05, 4.69) is 10.6 Å². The van der Waals surface area contributed by atoms with E-state index in [0.717, 1.165) is 0 Å². The lowest BCUT2D eigenvalue weighted by Crippen LogP contribution is -2.56. The number of ether oxygens (including phenoxy) is 1. The molecule has 1 amide bonds. The average molecular weight is 324 g/mol. The fourth-order valence-corrected chi connectivity index (χ4v) is 2.47. The molecule has 2 unspecified atom stereocenters. The third-order valence-electron chi connectivity index (χ3n) is 4.16. The van der Waals surface area contributed by atoms with Crippen molar-refractivity contribution in [2.45, 2.75) is 58.8 Å². The maximum atomic E-state index is 13.9. The summed E-state index contributed by atoms with van der Waals surface area (Å²) in [6, 6.07) is 4.52. The number of benzene rings is 1. The monoisotopic (exact) mass is 324 g/mol. The van der Waals surface area contributed by atoms with Crippen LogP contribution in [0.15, 0.2) is 18.2 Å². The predicted octanol–water partition coefficient (Wildman–Crippen LogP) is 3.74. The van der Waals surface area contributed by atoms with Crippen molar-refractivity contribution in [1.29, 1.82) is 0 Å². The molecule has 1 fully saturated rings. The lowest BCUT2D eigenvalue weighted by Gasteiger charge is -2.49. The summed E-state index contributed by atoms with van der Waals surface area (Å²) in [5.41, 5.74) is -0.153. The largest absolute Gasteiger partial charge is 0.444 e. The topological polar surface area (TPSA) is 70.6 Å². The summed E-state index contributed by atoms with van der Waals surface area (Å²) in [7, 11) is 0. The number of anilines is 2. The number of hydrogen-bond acceptors (Lipinski definition) is 4. The minimum atomic E-state index is -0.701. The van der Waals surface area contributed by atoms with Crippen molar-refractivity contribution >= 4 is 17.5 Å². The number of hydrogen-bond donors (Lipinski definition) is 3. The first-order valence-electron chi connectivity index (χ1n) is 7.73. The normalized spacial score (nSPS) is 22.9. The van der Waals surface area contributed by atoms with E-state index in [1.165, 1.54) is 12.1 Å². The first-order valence-corrected chi connectivity index (χ1v) is 7.73. The minimum Gasteiger partial charge on any atom is -0.444 e. The zero-order chi connectivity index (χ0) is 17.4. The zero-order valence-corrected chi connectivity index (χ0v) is 14.2. The first kappa shape index (κ1) is 17.5. The molecular formula is C17H25FN2O3. The van der Waals surface area contributed by atoms with Crippen molar-refractivity contribution in [1.82, 2.24) is 0 Å². The molecule has 0 spiro atoms. The Balaban J connectivity index is 2.06. The molecule has 1 saturated carbocycles. The summed E-state index contributed by atoms with van der Waals surface area (Å²) in [6.45, 7) is 9.17. The van der Waals surface area contributed by atoms with Crippen molar-refractivity contribution in [3.8, 4) is 0 Å². The fourth-order valence-electron chi connectivity index (χ4n) is 2.47. The third kappa shape index (κ3) is 4.13. The first-order chi connectivity index (χ1) is 10.5. The SMILES string of the molecule is CC(C)(C)OC(=O)Nc1cc(NC2CC(O)C2(C)C)ccc1F. The van der Waals surface area contributed by atoms with Gasteiger partial charge in [-0.05, 0) is 45.4 Å². The van der Waals surface area contributed by atoms with Crippen molar-refractivity contribution < 1.29 is 19.0 Å². The van der Waals surface area contributed by atoms with Crippen LogP contribution in [0.4, 0.5) is 20.6 Å². The molecule has 2 atom stereocenters. The van der Waals surface area contributed by atoms with E-state index in [0.29, 0.717) is 12.1 Å². The van der Waals surface area contributed by atoms with Crippen LogP contribution in [0, 0.1) is 11.2 Å². The Morgan fingerprint density at radius 1 is 1.39 bits per heavy atom. The number of halogens is 1. The Morgan fingerprint density at radius 3 is 2.57 bits per heavy atom. The van der Waals surface area contributed by atoms with Gasteiger partial charge in [-0.3, -0.25) is 5.32 Å². The second-order valence-electron chi connectivity index (χ2n) is 7.59. The minimum absolute atomic E-state index is 0.0573. The van der Waals surface area contributed by atoms with Crippen molar-refractivity contribution in [2.75, 3.05) is 10.6 Å². The standard InChI is InChI=1S/C17H25FN2O3/c1-16(2,3)23-15(22)20-12-8-10(6-7-11(12)18)19-13-9-14(21)17(13,4)5/h6-8,13-14,19,21H,9H2,1-5H3,(H,20,22). The third-order valence-corrected chi connectivity index (χ3v) is 4.16. The van der Waals surface area contributed by atoms with Gasteiger partial charge in [0.15, 0.2) is 0 Å². The van der Waals surface area contributed by atoms with E-state index < -0.39 is 17.5 Å². The lowest BCUT2D eigenvalue weighted by atomic mass is 9.64. The number of nitrogens with one attached hydrogen (secondary N) is 2. The molecule has 0 bridgehead atoms. The molecule has 2 rings (SSSR count). The molecule has 23 heavy (non-hydrogen) atoms. The smallest absolute Gasteiger partial charge is 0.412 e. The lowest BCUT2D eigenvalue weighted by molar-refractivity contribution is -0.0510. The average Bonchev–Trinajstić information content (AvgIpc) is 2.40. The molecule has 0 aromatic heterocycles. The van der Waals surface area contributed by atoms with E-state index in [4.69, 9.17) is 4.74 Å². The molecule has 128 valence electrons. The fraction of sp³-hybridized carbons (Fsp3) is 0.588. The highest BCUT2D eigenvalue weighted by atomic mass is 19.1. The molecule has 0 radical (unpaired) electrons. The quantitative estimate of drug-likeness (QED) is 0.792. The molecule has 0 aliphatic heterocycles. The zero-order valence-electron chi connectivity index (χ0n) is 14.2. The van der Waals surface area contributed by atoms with Gasteiger partial charge >= 0.3 is 6.09 Å². The van der Waals surface area contributed by atoms with Crippen LogP contribution < -0.4 is 10.6 Å². The summed E-state index contributed by atoms with van der Waals surface area (Å²) in [6.07, 6.45) is -0.410.